The molecule has 2 aromatic carbocycles. The van der Waals surface area contributed by atoms with E-state index < -0.39 is 18.6 Å². The Kier molecular flexibility index (Phi) is 6.03. The first-order valence-corrected chi connectivity index (χ1v) is 9.98. The molecule has 0 radical (unpaired) electrons. The molecular weight excluding hydrogens is 401 g/mol. The van der Waals surface area contributed by atoms with Gasteiger partial charge in [0, 0.05) is 31.9 Å². The SMILES string of the molecule is O=C(N[C@@H](CO)C(=O)N1CCN(c2ccc(F)cc2)CC1)c1cnc2ccccc2n1. The summed E-state index contributed by atoms with van der Waals surface area (Å²) in [5.41, 5.74) is 2.19. The Hall–Kier alpha value is -3.59. The number of hydrogen-bond acceptors (Lipinski definition) is 6. The first-order chi connectivity index (χ1) is 15.0. The summed E-state index contributed by atoms with van der Waals surface area (Å²) < 4.78 is 13.1. The smallest absolute Gasteiger partial charge is 0.272 e. The van der Waals surface area contributed by atoms with Gasteiger partial charge >= 0.3 is 0 Å². The minimum absolute atomic E-state index is 0.0751. The number of fused-ring (bicyclic) bond motifs is 1. The number of carbonyl (C=O) groups excluding carboxylic acids is 2. The topological polar surface area (TPSA) is 98.7 Å². The number of carbonyl (C=O) groups is 2. The number of hydrogen-bond donors (Lipinski definition) is 2. The third-order valence-electron chi connectivity index (χ3n) is 5.25. The van der Waals surface area contributed by atoms with E-state index in [-0.39, 0.29) is 17.4 Å². The van der Waals surface area contributed by atoms with E-state index in [0.29, 0.717) is 37.2 Å². The van der Waals surface area contributed by atoms with Crippen molar-refractivity contribution in [1.29, 1.82) is 0 Å². The minimum Gasteiger partial charge on any atom is -0.394 e. The van der Waals surface area contributed by atoms with Crippen molar-refractivity contribution in [2.24, 2.45) is 0 Å². The Bertz CT molecular complexity index is 1080. The average molecular weight is 423 g/mol. The maximum Gasteiger partial charge on any atom is 0.272 e. The molecule has 2 N–H and O–H groups in total. The number of anilines is 1. The molecule has 1 aromatic heterocycles. The Morgan fingerprint density at radius 2 is 1.71 bits per heavy atom. The van der Waals surface area contributed by atoms with Gasteiger partial charge in [-0.1, -0.05) is 12.1 Å². The largest absolute Gasteiger partial charge is 0.394 e. The van der Waals surface area contributed by atoms with Gasteiger partial charge in [0.15, 0.2) is 0 Å². The molecule has 160 valence electrons. The minimum atomic E-state index is -1.07. The van der Waals surface area contributed by atoms with Gasteiger partial charge in [0.25, 0.3) is 5.91 Å². The van der Waals surface area contributed by atoms with Gasteiger partial charge in [-0.3, -0.25) is 14.6 Å². The van der Waals surface area contributed by atoms with E-state index in [1.165, 1.54) is 18.3 Å². The van der Waals surface area contributed by atoms with E-state index in [9.17, 15) is 19.1 Å². The van der Waals surface area contributed by atoms with E-state index in [4.69, 9.17) is 0 Å². The number of aromatic nitrogens is 2. The molecule has 0 unspecified atom stereocenters. The van der Waals surface area contributed by atoms with Crippen LogP contribution in [0.25, 0.3) is 11.0 Å². The van der Waals surface area contributed by atoms with Crippen LogP contribution < -0.4 is 10.2 Å². The summed E-state index contributed by atoms with van der Waals surface area (Å²) in [6, 6.07) is 12.3. The number of nitrogens with zero attached hydrogens (tertiary/aromatic N) is 4. The molecule has 2 amide bonds. The van der Waals surface area contributed by atoms with E-state index in [0.717, 1.165) is 5.69 Å². The maximum absolute atomic E-state index is 13.1. The molecule has 1 atom stereocenters. The number of nitrogens with one attached hydrogen (secondary N) is 1. The molecule has 8 nitrogen and oxygen atoms in total. The summed E-state index contributed by atoms with van der Waals surface area (Å²) in [6.07, 6.45) is 1.35. The summed E-state index contributed by atoms with van der Waals surface area (Å²) in [4.78, 5) is 37.6. The number of amides is 2. The molecule has 0 aliphatic carbocycles. The van der Waals surface area contributed by atoms with E-state index in [1.54, 1.807) is 35.2 Å². The maximum atomic E-state index is 13.1. The lowest BCUT2D eigenvalue weighted by molar-refractivity contribution is -0.134. The molecule has 31 heavy (non-hydrogen) atoms. The van der Waals surface area contributed by atoms with Crippen LogP contribution in [0.2, 0.25) is 0 Å². The summed E-state index contributed by atoms with van der Waals surface area (Å²) in [6.45, 7) is 1.47. The molecule has 2 heterocycles. The lowest BCUT2D eigenvalue weighted by Crippen LogP contribution is -2.56. The highest BCUT2D eigenvalue weighted by molar-refractivity contribution is 5.97. The zero-order valence-corrected chi connectivity index (χ0v) is 16.7. The fourth-order valence-electron chi connectivity index (χ4n) is 3.54. The van der Waals surface area contributed by atoms with Gasteiger partial charge in [-0.05, 0) is 36.4 Å². The number of piperazine rings is 1. The highest BCUT2D eigenvalue weighted by Crippen LogP contribution is 2.17. The molecule has 1 aliphatic heterocycles. The first kappa shape index (κ1) is 20.7. The van der Waals surface area contributed by atoms with Crippen molar-refractivity contribution in [3.05, 3.63) is 66.2 Å². The van der Waals surface area contributed by atoms with Gasteiger partial charge in [0.05, 0.1) is 23.8 Å². The second-order valence-electron chi connectivity index (χ2n) is 7.24. The standard InChI is InChI=1S/C22H22FN5O3/c23-15-5-7-16(8-6-15)27-9-11-28(12-10-27)22(31)20(14-29)26-21(30)19-13-24-17-3-1-2-4-18(17)25-19/h1-8,13,20,29H,9-12,14H2,(H,26,30)/t20-/m0/s1. The van der Waals surface area contributed by atoms with Crippen molar-refractivity contribution in [2.75, 3.05) is 37.7 Å². The Morgan fingerprint density at radius 1 is 1.03 bits per heavy atom. The third kappa shape index (κ3) is 4.61. The van der Waals surface area contributed by atoms with Crippen LogP contribution >= 0.6 is 0 Å². The van der Waals surface area contributed by atoms with Crippen LogP contribution in [0.3, 0.4) is 0 Å². The quantitative estimate of drug-likeness (QED) is 0.640. The molecule has 9 heteroatoms. The highest BCUT2D eigenvalue weighted by Gasteiger charge is 2.29. The lowest BCUT2D eigenvalue weighted by atomic mass is 10.2. The monoisotopic (exact) mass is 423 g/mol. The molecule has 0 saturated carbocycles. The fraction of sp³-hybridized carbons (Fsp3) is 0.273. The van der Waals surface area contributed by atoms with Crippen LogP contribution in [-0.2, 0) is 4.79 Å². The molecule has 1 fully saturated rings. The second-order valence-corrected chi connectivity index (χ2v) is 7.24. The first-order valence-electron chi connectivity index (χ1n) is 9.98. The number of rotatable bonds is 5. The van der Waals surface area contributed by atoms with Gasteiger partial charge in [0.2, 0.25) is 5.91 Å². The lowest BCUT2D eigenvalue weighted by Gasteiger charge is -2.37. The molecule has 4 rings (SSSR count). The van der Waals surface area contributed by atoms with E-state index in [2.05, 4.69) is 20.2 Å². The van der Waals surface area contributed by atoms with Crippen molar-refractivity contribution in [1.82, 2.24) is 20.2 Å². The predicted octanol–water partition coefficient (Wildman–Crippen LogP) is 1.21. The summed E-state index contributed by atoms with van der Waals surface area (Å²) in [7, 11) is 0. The van der Waals surface area contributed by atoms with Gasteiger partial charge in [-0.2, -0.15) is 0 Å². The zero-order chi connectivity index (χ0) is 21.8. The molecule has 1 saturated heterocycles. The van der Waals surface area contributed by atoms with Crippen LogP contribution in [0.1, 0.15) is 10.5 Å². The van der Waals surface area contributed by atoms with Crippen LogP contribution in [0.15, 0.2) is 54.7 Å². The Labute approximate surface area is 178 Å². The summed E-state index contributed by atoms with van der Waals surface area (Å²) in [5.74, 6) is -1.23. The van der Waals surface area contributed by atoms with Crippen molar-refractivity contribution in [3.63, 3.8) is 0 Å². The van der Waals surface area contributed by atoms with Crippen LogP contribution in [0, 0.1) is 5.82 Å². The summed E-state index contributed by atoms with van der Waals surface area (Å²) >= 11 is 0. The Morgan fingerprint density at radius 3 is 2.39 bits per heavy atom. The number of aliphatic hydroxyl groups excluding tert-OH is 1. The van der Waals surface area contributed by atoms with Crippen molar-refractivity contribution >= 4 is 28.5 Å². The van der Waals surface area contributed by atoms with Crippen LogP contribution in [0.5, 0.6) is 0 Å². The molecule has 0 bridgehead atoms. The van der Waals surface area contributed by atoms with E-state index >= 15 is 0 Å². The summed E-state index contributed by atoms with van der Waals surface area (Å²) in [5, 5.41) is 12.3. The predicted molar refractivity (Wildman–Crippen MR) is 113 cm³/mol. The normalized spacial score (nSPS) is 15.0. The van der Waals surface area contributed by atoms with Crippen LogP contribution in [0.4, 0.5) is 10.1 Å². The van der Waals surface area contributed by atoms with Gasteiger partial charge in [0.1, 0.15) is 17.6 Å². The van der Waals surface area contributed by atoms with E-state index in [1.807, 2.05) is 6.07 Å². The zero-order valence-electron chi connectivity index (χ0n) is 16.7. The third-order valence-corrected chi connectivity index (χ3v) is 5.25. The molecular formula is C22H22FN5O3. The van der Waals surface area contributed by atoms with Crippen molar-refractivity contribution < 1.29 is 19.1 Å². The Balaban J connectivity index is 1.37. The molecule has 1 aliphatic rings. The van der Waals surface area contributed by atoms with Gasteiger partial charge < -0.3 is 20.2 Å². The van der Waals surface area contributed by atoms with Gasteiger partial charge in [-0.25, -0.2) is 9.37 Å². The highest BCUT2D eigenvalue weighted by atomic mass is 19.1. The molecule has 0 spiro atoms. The average Bonchev–Trinajstić information content (AvgIpc) is 2.82. The number of benzene rings is 2. The number of aliphatic hydroxyl groups is 1. The van der Waals surface area contributed by atoms with Crippen molar-refractivity contribution in [2.45, 2.75) is 6.04 Å². The van der Waals surface area contributed by atoms with Crippen molar-refractivity contribution in [3.8, 4) is 0 Å². The number of halogens is 1. The number of para-hydroxylation sites is 2. The fourth-order valence-corrected chi connectivity index (χ4v) is 3.54. The molecule has 3 aromatic rings. The van der Waals surface area contributed by atoms with Gasteiger partial charge in [-0.15, -0.1) is 0 Å². The van der Waals surface area contributed by atoms with Crippen LogP contribution in [-0.4, -0.2) is 70.6 Å². The second kappa shape index (κ2) is 9.05.